The van der Waals surface area contributed by atoms with Gasteiger partial charge in [-0.15, -0.1) is 0 Å². The smallest absolute Gasteiger partial charge is 0.410 e. The summed E-state index contributed by atoms with van der Waals surface area (Å²) in [6, 6.07) is -0.934. The van der Waals surface area contributed by atoms with E-state index in [1.165, 1.54) is 4.90 Å². The van der Waals surface area contributed by atoms with Crippen molar-refractivity contribution in [3.05, 3.63) is 0 Å². The van der Waals surface area contributed by atoms with Crippen LogP contribution in [-0.2, 0) is 19.4 Å². The van der Waals surface area contributed by atoms with Gasteiger partial charge in [0.05, 0.1) is 11.5 Å². The summed E-state index contributed by atoms with van der Waals surface area (Å²) in [5, 5.41) is 2.78. The Hall–Kier alpha value is -1.31. The highest BCUT2D eigenvalue weighted by Crippen LogP contribution is 2.21. The molecule has 0 radical (unpaired) electrons. The van der Waals surface area contributed by atoms with Crippen molar-refractivity contribution in [3.63, 3.8) is 0 Å². The van der Waals surface area contributed by atoms with Gasteiger partial charge in [-0.25, -0.2) is 13.2 Å². The molecule has 2 rings (SSSR count). The van der Waals surface area contributed by atoms with E-state index in [2.05, 4.69) is 5.32 Å². The van der Waals surface area contributed by atoms with Gasteiger partial charge in [-0.3, -0.25) is 9.69 Å². The van der Waals surface area contributed by atoms with Crippen molar-refractivity contribution in [3.8, 4) is 0 Å². The van der Waals surface area contributed by atoms with Gasteiger partial charge < -0.3 is 10.1 Å². The number of piperidine rings is 1. The second-order valence-corrected chi connectivity index (χ2v) is 9.52. The van der Waals surface area contributed by atoms with Gasteiger partial charge in [0.25, 0.3) is 0 Å². The number of hydrogen-bond acceptors (Lipinski definition) is 5. The van der Waals surface area contributed by atoms with E-state index >= 15 is 0 Å². The van der Waals surface area contributed by atoms with E-state index < -0.39 is 27.6 Å². The van der Waals surface area contributed by atoms with Crippen LogP contribution in [0, 0.1) is 0 Å². The van der Waals surface area contributed by atoms with Gasteiger partial charge in [0, 0.05) is 12.6 Å². The van der Waals surface area contributed by atoms with Gasteiger partial charge >= 0.3 is 6.09 Å². The number of nitrogens with zero attached hydrogens (tertiary/aromatic N) is 1. The van der Waals surface area contributed by atoms with Crippen molar-refractivity contribution >= 4 is 21.8 Å². The fraction of sp³-hybridized carbons (Fsp3) is 0.867. The van der Waals surface area contributed by atoms with Crippen LogP contribution in [0.15, 0.2) is 0 Å². The van der Waals surface area contributed by atoms with Gasteiger partial charge in [-0.2, -0.15) is 0 Å². The van der Waals surface area contributed by atoms with Crippen LogP contribution in [0.4, 0.5) is 4.79 Å². The first-order valence-electron chi connectivity index (χ1n) is 8.08. The predicted octanol–water partition coefficient (Wildman–Crippen LogP) is 1.08. The van der Waals surface area contributed by atoms with Crippen molar-refractivity contribution in [2.75, 3.05) is 18.1 Å². The number of amides is 2. The van der Waals surface area contributed by atoms with Crippen LogP contribution in [0.25, 0.3) is 0 Å². The van der Waals surface area contributed by atoms with E-state index in [1.807, 2.05) is 0 Å². The molecule has 0 unspecified atom stereocenters. The van der Waals surface area contributed by atoms with Crippen LogP contribution in [0.5, 0.6) is 0 Å². The van der Waals surface area contributed by atoms with Gasteiger partial charge in [0.1, 0.15) is 11.6 Å². The highest BCUT2D eigenvalue weighted by Gasteiger charge is 2.37. The Labute approximate surface area is 137 Å². The largest absolute Gasteiger partial charge is 0.444 e. The van der Waals surface area contributed by atoms with Gasteiger partial charge in [-0.05, 0) is 46.5 Å². The lowest BCUT2D eigenvalue weighted by atomic mass is 10.0. The van der Waals surface area contributed by atoms with E-state index in [4.69, 9.17) is 4.74 Å². The fourth-order valence-electron chi connectivity index (χ4n) is 2.95. The molecule has 132 valence electrons. The molecule has 7 nitrogen and oxygen atoms in total. The lowest BCUT2D eigenvalue weighted by Crippen LogP contribution is -2.54. The number of carbonyl (C=O) groups is 2. The van der Waals surface area contributed by atoms with Crippen molar-refractivity contribution in [1.82, 2.24) is 10.2 Å². The molecule has 0 saturated carbocycles. The molecule has 2 amide bonds. The number of likely N-dealkylation sites (tertiary alicyclic amines) is 1. The third kappa shape index (κ3) is 5.09. The molecule has 0 spiro atoms. The van der Waals surface area contributed by atoms with Crippen LogP contribution in [0.1, 0.15) is 46.5 Å². The zero-order chi connectivity index (χ0) is 17.3. The number of nitrogens with one attached hydrogen (secondary N) is 1. The Balaban J connectivity index is 2.00. The molecule has 0 aromatic rings. The molecule has 8 heteroatoms. The Morgan fingerprint density at radius 1 is 1.17 bits per heavy atom. The maximum Gasteiger partial charge on any atom is 0.410 e. The first-order chi connectivity index (χ1) is 10.6. The summed E-state index contributed by atoms with van der Waals surface area (Å²) in [5.41, 5.74) is -0.616. The van der Waals surface area contributed by atoms with Crippen LogP contribution < -0.4 is 5.32 Å². The normalized spacial score (nSPS) is 27.5. The molecule has 1 N–H and O–H groups in total. The minimum Gasteiger partial charge on any atom is -0.444 e. The van der Waals surface area contributed by atoms with Crippen molar-refractivity contribution in [1.29, 1.82) is 0 Å². The van der Waals surface area contributed by atoms with Crippen LogP contribution in [-0.4, -0.2) is 61.1 Å². The van der Waals surface area contributed by atoms with Crippen LogP contribution >= 0.6 is 0 Å². The van der Waals surface area contributed by atoms with E-state index in [0.29, 0.717) is 19.4 Å². The average Bonchev–Trinajstić information content (AvgIpc) is 2.76. The maximum absolute atomic E-state index is 12.5. The molecule has 2 saturated heterocycles. The number of rotatable bonds is 2. The Morgan fingerprint density at radius 3 is 2.43 bits per heavy atom. The van der Waals surface area contributed by atoms with Crippen LogP contribution in [0.3, 0.4) is 0 Å². The molecule has 2 aliphatic heterocycles. The second-order valence-electron chi connectivity index (χ2n) is 7.29. The number of hydrogen-bond donors (Lipinski definition) is 1. The summed E-state index contributed by atoms with van der Waals surface area (Å²) in [5.74, 6) is -0.186. The summed E-state index contributed by atoms with van der Waals surface area (Å²) < 4.78 is 28.4. The zero-order valence-electron chi connectivity index (χ0n) is 14.0. The summed E-state index contributed by atoms with van der Waals surface area (Å²) in [4.78, 5) is 26.3. The highest BCUT2D eigenvalue weighted by atomic mass is 32.2. The maximum atomic E-state index is 12.5. The van der Waals surface area contributed by atoms with Crippen molar-refractivity contribution in [2.24, 2.45) is 0 Å². The molecular formula is C15H26N2O5S. The zero-order valence-corrected chi connectivity index (χ0v) is 14.8. The lowest BCUT2D eigenvalue weighted by molar-refractivity contribution is -0.128. The first-order valence-corrected chi connectivity index (χ1v) is 9.90. The molecule has 0 aromatic carbocycles. The number of ether oxygens (including phenoxy) is 1. The Bertz CT molecular complexity index is 567. The predicted molar refractivity (Wildman–Crippen MR) is 85.8 cm³/mol. The first kappa shape index (κ1) is 18.0. The third-order valence-corrected chi connectivity index (χ3v) is 5.78. The topological polar surface area (TPSA) is 92.8 Å². The monoisotopic (exact) mass is 346 g/mol. The molecule has 0 aromatic heterocycles. The molecule has 23 heavy (non-hydrogen) atoms. The van der Waals surface area contributed by atoms with E-state index in [0.717, 1.165) is 12.8 Å². The molecule has 0 bridgehead atoms. The minimum absolute atomic E-state index is 0.0160. The van der Waals surface area contributed by atoms with Gasteiger partial charge in [0.2, 0.25) is 5.91 Å². The molecule has 2 heterocycles. The van der Waals surface area contributed by atoms with E-state index in [1.54, 1.807) is 20.8 Å². The summed E-state index contributed by atoms with van der Waals surface area (Å²) in [6.07, 6.45) is 2.22. The van der Waals surface area contributed by atoms with Crippen molar-refractivity contribution < 1.29 is 22.7 Å². The molecule has 0 aliphatic carbocycles. The second kappa shape index (κ2) is 6.67. The summed E-state index contributed by atoms with van der Waals surface area (Å²) in [7, 11) is -3.05. The minimum atomic E-state index is -3.05. The van der Waals surface area contributed by atoms with Gasteiger partial charge in [0.15, 0.2) is 9.84 Å². The third-order valence-electron chi connectivity index (χ3n) is 4.01. The van der Waals surface area contributed by atoms with Crippen LogP contribution in [0.2, 0.25) is 0 Å². The highest BCUT2D eigenvalue weighted by molar-refractivity contribution is 7.91. The van der Waals surface area contributed by atoms with Crippen molar-refractivity contribution in [2.45, 2.75) is 64.1 Å². The average molecular weight is 346 g/mol. The molecule has 2 aliphatic rings. The molecule has 2 atom stereocenters. The van der Waals surface area contributed by atoms with E-state index in [9.17, 15) is 18.0 Å². The summed E-state index contributed by atoms with van der Waals surface area (Å²) >= 11 is 0. The summed E-state index contributed by atoms with van der Waals surface area (Å²) in [6.45, 7) is 5.84. The number of carbonyl (C=O) groups excluding carboxylic acids is 2. The standard InChI is InChI=1S/C15H26N2O5S/c1-15(2,3)22-14(19)17-8-5-4-6-12(17)13(18)16-11-7-9-23(20,21)10-11/h11-12H,4-10H2,1-3H3,(H,16,18)/t11-,12+/m1/s1. The quantitative estimate of drug-likeness (QED) is 0.807. The molecular weight excluding hydrogens is 320 g/mol. The number of sulfone groups is 1. The molecule has 2 fully saturated rings. The fourth-order valence-corrected chi connectivity index (χ4v) is 4.62. The lowest BCUT2D eigenvalue weighted by Gasteiger charge is -2.36. The van der Waals surface area contributed by atoms with Gasteiger partial charge in [-0.1, -0.05) is 0 Å². The SMILES string of the molecule is CC(C)(C)OC(=O)N1CCCC[C@H]1C(=O)N[C@@H]1CCS(=O)(=O)C1. The Kier molecular flexibility index (Phi) is 5.23. The Morgan fingerprint density at radius 2 is 1.87 bits per heavy atom. The van der Waals surface area contributed by atoms with E-state index in [-0.39, 0.29) is 23.5 Å².